The molecular formula is C4H7N3O2. The monoisotopic (exact) mass is 129 g/mol. The molecule has 0 aromatic carbocycles. The van der Waals surface area contributed by atoms with Gasteiger partial charge in [0.1, 0.15) is 0 Å². The van der Waals surface area contributed by atoms with Gasteiger partial charge >= 0.3 is 0 Å². The third-order valence-corrected chi connectivity index (χ3v) is 0.675. The van der Waals surface area contributed by atoms with E-state index >= 15 is 0 Å². The van der Waals surface area contributed by atoms with Crippen molar-refractivity contribution in [3.63, 3.8) is 0 Å². The second-order valence-corrected chi connectivity index (χ2v) is 1.39. The highest BCUT2D eigenvalue weighted by atomic mass is 16.6. The van der Waals surface area contributed by atoms with Gasteiger partial charge in [0.15, 0.2) is 0 Å². The number of nitrogens with zero attached hydrogens (tertiary/aromatic N) is 2. The van der Waals surface area contributed by atoms with E-state index < -0.39 is 4.92 Å². The van der Waals surface area contributed by atoms with E-state index in [4.69, 9.17) is 5.26 Å². The Morgan fingerprint density at radius 1 is 1.78 bits per heavy atom. The van der Waals surface area contributed by atoms with Gasteiger partial charge < -0.3 is 0 Å². The number of nitro groups is 1. The first-order valence-corrected chi connectivity index (χ1v) is 2.47. The van der Waals surface area contributed by atoms with E-state index in [2.05, 4.69) is 5.32 Å². The van der Waals surface area contributed by atoms with Gasteiger partial charge in [-0.05, 0) is 0 Å². The summed E-state index contributed by atoms with van der Waals surface area (Å²) in [6, 6.07) is 1.81. The van der Waals surface area contributed by atoms with Crippen LogP contribution < -0.4 is 5.32 Å². The molecule has 1 N–H and O–H groups in total. The summed E-state index contributed by atoms with van der Waals surface area (Å²) in [5.74, 6) is 0. The maximum atomic E-state index is 9.65. The molecule has 0 saturated carbocycles. The van der Waals surface area contributed by atoms with E-state index in [0.29, 0.717) is 0 Å². The molecule has 5 heteroatoms. The van der Waals surface area contributed by atoms with Crippen molar-refractivity contribution in [3.05, 3.63) is 10.1 Å². The third kappa shape index (κ3) is 6.85. The standard InChI is InChI=1S/C4H7N3O2/c5-1-2-6-3-4-7(8)9/h6H,2-4H2. The summed E-state index contributed by atoms with van der Waals surface area (Å²) in [6.45, 7) is 0.316. The zero-order valence-electron chi connectivity index (χ0n) is 4.83. The minimum Gasteiger partial charge on any atom is -0.298 e. The SMILES string of the molecule is N#CCNCC[N+](=O)[O-]. The lowest BCUT2D eigenvalue weighted by Crippen LogP contribution is -2.22. The Balaban J connectivity index is 2.94. The Labute approximate surface area is 52.4 Å². The van der Waals surface area contributed by atoms with E-state index in [-0.39, 0.29) is 19.6 Å². The summed E-state index contributed by atoms with van der Waals surface area (Å²) in [6.07, 6.45) is 0. The third-order valence-electron chi connectivity index (χ3n) is 0.675. The van der Waals surface area contributed by atoms with Gasteiger partial charge in [0, 0.05) is 4.92 Å². The lowest BCUT2D eigenvalue weighted by atomic mass is 10.6. The smallest absolute Gasteiger partial charge is 0.216 e. The van der Waals surface area contributed by atoms with Gasteiger partial charge in [-0.2, -0.15) is 5.26 Å². The van der Waals surface area contributed by atoms with Crippen molar-refractivity contribution in [1.82, 2.24) is 5.32 Å². The second kappa shape index (κ2) is 5.00. The average Bonchev–Trinajstić information content (AvgIpc) is 1.80. The van der Waals surface area contributed by atoms with E-state index in [1.807, 2.05) is 6.07 Å². The van der Waals surface area contributed by atoms with Crippen molar-refractivity contribution in [1.29, 1.82) is 5.26 Å². The molecule has 0 unspecified atom stereocenters. The summed E-state index contributed by atoms with van der Waals surface area (Å²) < 4.78 is 0. The average molecular weight is 129 g/mol. The normalized spacial score (nSPS) is 8.33. The minimum atomic E-state index is -0.426. The van der Waals surface area contributed by atoms with Crippen LogP contribution in [0, 0.1) is 21.4 Å². The highest BCUT2D eigenvalue weighted by molar-refractivity contribution is 4.71. The first kappa shape index (κ1) is 7.85. The molecule has 0 aliphatic heterocycles. The maximum Gasteiger partial charge on any atom is 0.216 e. The second-order valence-electron chi connectivity index (χ2n) is 1.39. The van der Waals surface area contributed by atoms with Gasteiger partial charge in [-0.3, -0.25) is 15.4 Å². The van der Waals surface area contributed by atoms with Crippen LogP contribution in [-0.2, 0) is 0 Å². The van der Waals surface area contributed by atoms with Crippen LogP contribution in [0.5, 0.6) is 0 Å². The molecule has 0 amide bonds. The van der Waals surface area contributed by atoms with Crippen molar-refractivity contribution in [2.45, 2.75) is 0 Å². The molecule has 9 heavy (non-hydrogen) atoms. The molecule has 0 bridgehead atoms. The van der Waals surface area contributed by atoms with Gasteiger partial charge in [-0.15, -0.1) is 0 Å². The van der Waals surface area contributed by atoms with Crippen LogP contribution in [0.15, 0.2) is 0 Å². The Morgan fingerprint density at radius 3 is 2.89 bits per heavy atom. The van der Waals surface area contributed by atoms with Gasteiger partial charge in [0.05, 0.1) is 19.2 Å². The molecule has 0 aromatic heterocycles. The molecule has 50 valence electrons. The molecule has 0 atom stereocenters. The van der Waals surface area contributed by atoms with Gasteiger partial charge in [-0.1, -0.05) is 0 Å². The van der Waals surface area contributed by atoms with Crippen LogP contribution in [0.1, 0.15) is 0 Å². The van der Waals surface area contributed by atoms with Crippen LogP contribution in [0.4, 0.5) is 0 Å². The number of rotatable bonds is 4. The number of hydrogen-bond donors (Lipinski definition) is 1. The Bertz CT molecular complexity index is 128. The zero-order valence-corrected chi connectivity index (χ0v) is 4.83. The fourth-order valence-electron chi connectivity index (χ4n) is 0.315. The topological polar surface area (TPSA) is 79.0 Å². The lowest BCUT2D eigenvalue weighted by Gasteiger charge is -1.91. The van der Waals surface area contributed by atoms with Crippen LogP contribution in [0.25, 0.3) is 0 Å². The molecule has 0 fully saturated rings. The van der Waals surface area contributed by atoms with Crippen molar-refractivity contribution in [2.75, 3.05) is 19.6 Å². The van der Waals surface area contributed by atoms with Crippen molar-refractivity contribution in [2.24, 2.45) is 0 Å². The molecule has 5 nitrogen and oxygen atoms in total. The Hall–Kier alpha value is -1.15. The fourth-order valence-corrected chi connectivity index (χ4v) is 0.315. The summed E-state index contributed by atoms with van der Waals surface area (Å²) in [5, 5.41) is 20.2. The molecule has 0 radical (unpaired) electrons. The fraction of sp³-hybridized carbons (Fsp3) is 0.750. The molecular weight excluding hydrogens is 122 g/mol. The molecule has 0 aliphatic carbocycles. The minimum absolute atomic E-state index is 0.123. The van der Waals surface area contributed by atoms with Gasteiger partial charge in [0.2, 0.25) is 6.54 Å². The Kier molecular flexibility index (Phi) is 4.36. The van der Waals surface area contributed by atoms with Gasteiger partial charge in [-0.25, -0.2) is 0 Å². The van der Waals surface area contributed by atoms with Gasteiger partial charge in [0.25, 0.3) is 0 Å². The highest BCUT2D eigenvalue weighted by Gasteiger charge is 1.92. The van der Waals surface area contributed by atoms with Crippen molar-refractivity contribution in [3.8, 4) is 6.07 Å². The molecule has 0 aromatic rings. The quantitative estimate of drug-likeness (QED) is 0.237. The van der Waals surface area contributed by atoms with Crippen molar-refractivity contribution >= 4 is 0 Å². The summed E-state index contributed by atoms with van der Waals surface area (Å²) in [5.41, 5.74) is 0. The summed E-state index contributed by atoms with van der Waals surface area (Å²) in [4.78, 5) is 9.22. The highest BCUT2D eigenvalue weighted by Crippen LogP contribution is 1.64. The Morgan fingerprint density at radius 2 is 2.44 bits per heavy atom. The summed E-state index contributed by atoms with van der Waals surface area (Å²) in [7, 11) is 0. The van der Waals surface area contributed by atoms with E-state index in [9.17, 15) is 10.1 Å². The van der Waals surface area contributed by atoms with Crippen LogP contribution >= 0.6 is 0 Å². The maximum absolute atomic E-state index is 9.65. The van der Waals surface area contributed by atoms with Crippen LogP contribution in [0.2, 0.25) is 0 Å². The lowest BCUT2D eigenvalue weighted by molar-refractivity contribution is -0.477. The molecule has 0 rings (SSSR count). The first-order chi connectivity index (χ1) is 4.27. The van der Waals surface area contributed by atoms with Crippen LogP contribution in [-0.4, -0.2) is 24.6 Å². The zero-order chi connectivity index (χ0) is 7.11. The number of hydrogen-bond acceptors (Lipinski definition) is 4. The number of nitrogens with one attached hydrogen (secondary N) is 1. The van der Waals surface area contributed by atoms with Crippen molar-refractivity contribution < 1.29 is 4.92 Å². The predicted molar refractivity (Wildman–Crippen MR) is 30.3 cm³/mol. The van der Waals surface area contributed by atoms with Crippen LogP contribution in [0.3, 0.4) is 0 Å². The van der Waals surface area contributed by atoms with E-state index in [0.717, 1.165) is 0 Å². The first-order valence-electron chi connectivity index (χ1n) is 2.47. The molecule has 0 spiro atoms. The van der Waals surface area contributed by atoms with E-state index in [1.165, 1.54) is 0 Å². The number of nitriles is 1. The predicted octanol–water partition coefficient (Wildman–Crippen LogP) is -0.624. The molecule has 0 aliphatic rings. The molecule has 0 heterocycles. The van der Waals surface area contributed by atoms with E-state index in [1.54, 1.807) is 0 Å². The largest absolute Gasteiger partial charge is 0.298 e. The molecule has 0 saturated heterocycles. The summed E-state index contributed by atoms with van der Waals surface area (Å²) >= 11 is 0.